The summed E-state index contributed by atoms with van der Waals surface area (Å²) in [4.78, 5) is 24.6. The van der Waals surface area contributed by atoms with E-state index in [0.717, 1.165) is 6.42 Å². The third-order valence-electron chi connectivity index (χ3n) is 2.94. The van der Waals surface area contributed by atoms with Crippen molar-refractivity contribution in [2.24, 2.45) is 0 Å². The second-order valence-corrected chi connectivity index (χ2v) is 4.28. The van der Waals surface area contributed by atoms with Gasteiger partial charge in [0.1, 0.15) is 6.61 Å². The van der Waals surface area contributed by atoms with Gasteiger partial charge >= 0.3 is 5.97 Å². The first-order valence-electron chi connectivity index (χ1n) is 6.60. The molecule has 1 amide bonds. The van der Waals surface area contributed by atoms with Crippen LogP contribution < -0.4 is 0 Å². The molecule has 0 N–H and O–H groups in total. The molecule has 0 heterocycles. The van der Waals surface area contributed by atoms with Crippen LogP contribution in [0.15, 0.2) is 24.3 Å². The predicted octanol–water partition coefficient (Wildman–Crippen LogP) is 2.27. The highest BCUT2D eigenvalue weighted by Gasteiger charge is 2.14. The quantitative estimate of drug-likeness (QED) is 0.740. The van der Waals surface area contributed by atoms with Gasteiger partial charge in [-0.05, 0) is 31.0 Å². The standard InChI is InChI=1S/C15H21NO3/c1-4-13-6-8-14(9-7-13)15(18)16(5-2)10-11-19-12(3)17/h6-9H,4-5,10-11H2,1-3H3. The first-order valence-corrected chi connectivity index (χ1v) is 6.60. The van der Waals surface area contributed by atoms with Crippen LogP contribution in [0.1, 0.15) is 36.7 Å². The van der Waals surface area contributed by atoms with Crippen molar-refractivity contribution < 1.29 is 14.3 Å². The molecule has 0 fully saturated rings. The van der Waals surface area contributed by atoms with Crippen molar-refractivity contribution in [2.75, 3.05) is 19.7 Å². The monoisotopic (exact) mass is 263 g/mol. The summed E-state index contributed by atoms with van der Waals surface area (Å²) in [5.74, 6) is -0.354. The number of likely N-dealkylation sites (N-methyl/N-ethyl adjacent to an activating group) is 1. The number of nitrogens with zero attached hydrogens (tertiary/aromatic N) is 1. The first kappa shape index (κ1) is 15.2. The second kappa shape index (κ2) is 7.56. The molecular weight excluding hydrogens is 242 g/mol. The molecule has 1 rings (SSSR count). The molecule has 0 unspecified atom stereocenters. The Morgan fingerprint density at radius 3 is 2.26 bits per heavy atom. The molecule has 1 aromatic carbocycles. The Kier molecular flexibility index (Phi) is 6.06. The van der Waals surface area contributed by atoms with Crippen molar-refractivity contribution >= 4 is 11.9 Å². The van der Waals surface area contributed by atoms with Crippen LogP contribution in [0.5, 0.6) is 0 Å². The van der Waals surface area contributed by atoms with Gasteiger partial charge in [0, 0.05) is 19.0 Å². The average Bonchev–Trinajstić information content (AvgIpc) is 2.43. The molecule has 0 spiro atoms. The minimum atomic E-state index is -0.323. The van der Waals surface area contributed by atoms with E-state index in [1.165, 1.54) is 12.5 Å². The van der Waals surface area contributed by atoms with Crippen LogP contribution in [0.3, 0.4) is 0 Å². The van der Waals surface area contributed by atoms with Crippen molar-refractivity contribution in [3.05, 3.63) is 35.4 Å². The highest BCUT2D eigenvalue weighted by Crippen LogP contribution is 2.08. The Hall–Kier alpha value is -1.84. The van der Waals surface area contributed by atoms with Gasteiger partial charge in [0.05, 0.1) is 6.54 Å². The van der Waals surface area contributed by atoms with E-state index in [1.54, 1.807) is 4.90 Å². The summed E-state index contributed by atoms with van der Waals surface area (Å²) in [6, 6.07) is 7.62. The van der Waals surface area contributed by atoms with Crippen LogP contribution in [0.4, 0.5) is 0 Å². The van der Waals surface area contributed by atoms with Crippen LogP contribution in [-0.4, -0.2) is 36.5 Å². The lowest BCUT2D eigenvalue weighted by molar-refractivity contribution is -0.141. The second-order valence-electron chi connectivity index (χ2n) is 4.28. The van der Waals surface area contributed by atoms with Gasteiger partial charge in [0.15, 0.2) is 0 Å². The summed E-state index contributed by atoms with van der Waals surface area (Å²) in [7, 11) is 0. The van der Waals surface area contributed by atoms with Crippen molar-refractivity contribution in [1.82, 2.24) is 4.90 Å². The maximum atomic E-state index is 12.2. The SMILES string of the molecule is CCc1ccc(C(=O)N(CC)CCOC(C)=O)cc1. The van der Waals surface area contributed by atoms with Crippen LogP contribution in [0.25, 0.3) is 0 Å². The average molecular weight is 263 g/mol. The maximum absolute atomic E-state index is 12.2. The molecule has 0 aromatic heterocycles. The third-order valence-corrected chi connectivity index (χ3v) is 2.94. The summed E-state index contributed by atoms with van der Waals surface area (Å²) >= 11 is 0. The highest BCUT2D eigenvalue weighted by atomic mass is 16.5. The van der Waals surface area contributed by atoms with Gasteiger partial charge in [-0.2, -0.15) is 0 Å². The minimum absolute atomic E-state index is 0.0303. The van der Waals surface area contributed by atoms with Gasteiger partial charge in [0.2, 0.25) is 0 Å². The topological polar surface area (TPSA) is 46.6 Å². The number of carbonyl (C=O) groups is 2. The molecule has 0 aliphatic rings. The van der Waals surface area contributed by atoms with E-state index in [4.69, 9.17) is 4.74 Å². The number of rotatable bonds is 6. The molecular formula is C15H21NO3. The number of esters is 1. The Morgan fingerprint density at radius 1 is 1.16 bits per heavy atom. The zero-order valence-corrected chi connectivity index (χ0v) is 11.8. The summed E-state index contributed by atoms with van der Waals surface area (Å²) in [6.07, 6.45) is 0.957. The number of hydrogen-bond donors (Lipinski definition) is 0. The number of aryl methyl sites for hydroxylation is 1. The predicted molar refractivity (Wildman–Crippen MR) is 74.0 cm³/mol. The Balaban J connectivity index is 2.63. The minimum Gasteiger partial charge on any atom is -0.464 e. The molecule has 0 aliphatic carbocycles. The fourth-order valence-electron chi connectivity index (χ4n) is 1.77. The number of amides is 1. The van der Waals surface area contributed by atoms with Gasteiger partial charge in [-0.3, -0.25) is 9.59 Å². The molecule has 4 nitrogen and oxygen atoms in total. The molecule has 19 heavy (non-hydrogen) atoms. The summed E-state index contributed by atoms with van der Waals surface area (Å²) in [5, 5.41) is 0. The smallest absolute Gasteiger partial charge is 0.302 e. The van der Waals surface area contributed by atoms with Gasteiger partial charge in [-0.25, -0.2) is 0 Å². The van der Waals surface area contributed by atoms with E-state index >= 15 is 0 Å². The van der Waals surface area contributed by atoms with E-state index in [-0.39, 0.29) is 18.5 Å². The highest BCUT2D eigenvalue weighted by molar-refractivity contribution is 5.94. The largest absolute Gasteiger partial charge is 0.464 e. The van der Waals surface area contributed by atoms with Crippen molar-refractivity contribution in [3.8, 4) is 0 Å². The fourth-order valence-corrected chi connectivity index (χ4v) is 1.77. The van der Waals surface area contributed by atoms with E-state index in [1.807, 2.05) is 31.2 Å². The molecule has 0 atom stereocenters. The van der Waals surface area contributed by atoms with E-state index in [2.05, 4.69) is 6.92 Å². The molecule has 104 valence electrons. The lowest BCUT2D eigenvalue weighted by Crippen LogP contribution is -2.34. The van der Waals surface area contributed by atoms with Crippen LogP contribution in [0.2, 0.25) is 0 Å². The van der Waals surface area contributed by atoms with Crippen molar-refractivity contribution in [2.45, 2.75) is 27.2 Å². The number of ether oxygens (including phenoxy) is 1. The van der Waals surface area contributed by atoms with Crippen LogP contribution in [0, 0.1) is 0 Å². The molecule has 0 bridgehead atoms. The van der Waals surface area contributed by atoms with E-state index in [0.29, 0.717) is 18.7 Å². The van der Waals surface area contributed by atoms with Gasteiger partial charge in [-0.15, -0.1) is 0 Å². The molecule has 4 heteroatoms. The van der Waals surface area contributed by atoms with Crippen LogP contribution in [-0.2, 0) is 16.0 Å². The summed E-state index contributed by atoms with van der Waals surface area (Å²) in [5.41, 5.74) is 1.88. The lowest BCUT2D eigenvalue weighted by Gasteiger charge is -2.20. The first-order chi connectivity index (χ1) is 9.08. The molecule has 0 radical (unpaired) electrons. The van der Waals surface area contributed by atoms with Crippen molar-refractivity contribution in [3.63, 3.8) is 0 Å². The Bertz CT molecular complexity index is 426. The zero-order valence-electron chi connectivity index (χ0n) is 11.8. The van der Waals surface area contributed by atoms with Gasteiger partial charge in [-0.1, -0.05) is 19.1 Å². The molecule has 0 saturated heterocycles. The third kappa shape index (κ3) is 4.73. The Morgan fingerprint density at radius 2 is 1.79 bits per heavy atom. The summed E-state index contributed by atoms with van der Waals surface area (Å²) < 4.78 is 4.86. The Labute approximate surface area is 114 Å². The normalized spacial score (nSPS) is 10.1. The fraction of sp³-hybridized carbons (Fsp3) is 0.467. The van der Waals surface area contributed by atoms with Crippen LogP contribution >= 0.6 is 0 Å². The van der Waals surface area contributed by atoms with Gasteiger partial charge in [0.25, 0.3) is 5.91 Å². The van der Waals surface area contributed by atoms with Gasteiger partial charge < -0.3 is 9.64 Å². The zero-order chi connectivity index (χ0) is 14.3. The van der Waals surface area contributed by atoms with E-state index in [9.17, 15) is 9.59 Å². The van der Waals surface area contributed by atoms with Crippen molar-refractivity contribution in [1.29, 1.82) is 0 Å². The summed E-state index contributed by atoms with van der Waals surface area (Å²) in [6.45, 7) is 6.60. The number of carbonyl (C=O) groups excluding carboxylic acids is 2. The molecule has 1 aromatic rings. The number of benzene rings is 1. The number of hydrogen-bond acceptors (Lipinski definition) is 3. The van der Waals surface area contributed by atoms with E-state index < -0.39 is 0 Å². The molecule has 0 saturated carbocycles. The maximum Gasteiger partial charge on any atom is 0.302 e. The lowest BCUT2D eigenvalue weighted by atomic mass is 10.1. The molecule has 0 aliphatic heterocycles.